The Morgan fingerprint density at radius 1 is 1.15 bits per heavy atom. The van der Waals surface area contributed by atoms with Crippen molar-refractivity contribution in [2.75, 3.05) is 24.5 Å². The minimum absolute atomic E-state index is 0.169. The third kappa shape index (κ3) is 2.54. The predicted molar refractivity (Wildman–Crippen MR) is 80.5 cm³/mol. The Morgan fingerprint density at radius 2 is 1.95 bits per heavy atom. The molecule has 2 aromatic rings. The number of aryl methyl sites for hydroxylation is 1. The van der Waals surface area contributed by atoms with Gasteiger partial charge < -0.3 is 10.2 Å². The van der Waals surface area contributed by atoms with Crippen LogP contribution < -0.4 is 10.2 Å². The lowest BCUT2D eigenvalue weighted by Gasteiger charge is -2.39. The van der Waals surface area contributed by atoms with E-state index in [0.717, 1.165) is 30.9 Å². The lowest BCUT2D eigenvalue weighted by Crippen LogP contribution is -2.46. The van der Waals surface area contributed by atoms with Crippen molar-refractivity contribution in [2.45, 2.75) is 13.0 Å². The van der Waals surface area contributed by atoms with Gasteiger partial charge in [-0.2, -0.15) is 0 Å². The van der Waals surface area contributed by atoms with Gasteiger partial charge >= 0.3 is 0 Å². The van der Waals surface area contributed by atoms with Crippen LogP contribution in [0.15, 0.2) is 48.5 Å². The summed E-state index contributed by atoms with van der Waals surface area (Å²) in [7, 11) is 0. The van der Waals surface area contributed by atoms with E-state index in [4.69, 9.17) is 0 Å². The average Bonchev–Trinajstić information content (AvgIpc) is 2.48. The summed E-state index contributed by atoms with van der Waals surface area (Å²) in [6, 6.07) is 15.8. The molecule has 2 nitrogen and oxygen atoms in total. The number of piperazine rings is 1. The maximum absolute atomic E-state index is 13.3. The second-order valence-electron chi connectivity index (χ2n) is 5.25. The van der Waals surface area contributed by atoms with Gasteiger partial charge in [0.1, 0.15) is 5.82 Å². The Balaban J connectivity index is 1.97. The maximum atomic E-state index is 13.3. The van der Waals surface area contributed by atoms with Gasteiger partial charge in [-0.15, -0.1) is 0 Å². The molecule has 0 bridgehead atoms. The molecule has 1 heterocycles. The second kappa shape index (κ2) is 5.63. The van der Waals surface area contributed by atoms with E-state index < -0.39 is 0 Å². The summed E-state index contributed by atoms with van der Waals surface area (Å²) in [5, 5.41) is 3.45. The topological polar surface area (TPSA) is 15.3 Å². The first kappa shape index (κ1) is 13.1. The number of hydrogen-bond donors (Lipinski definition) is 1. The average molecular weight is 270 g/mol. The number of benzene rings is 2. The molecule has 0 spiro atoms. The molecule has 3 rings (SSSR count). The summed E-state index contributed by atoms with van der Waals surface area (Å²) in [5.41, 5.74) is 3.41. The zero-order valence-corrected chi connectivity index (χ0v) is 11.6. The summed E-state index contributed by atoms with van der Waals surface area (Å²) >= 11 is 0. The predicted octanol–water partition coefficient (Wildman–Crippen LogP) is 3.29. The molecule has 104 valence electrons. The highest BCUT2D eigenvalue weighted by Gasteiger charge is 2.24. The van der Waals surface area contributed by atoms with Crippen LogP contribution in [-0.2, 0) is 0 Å². The van der Waals surface area contributed by atoms with Crippen LogP contribution in [0.2, 0.25) is 0 Å². The molecule has 1 fully saturated rings. The van der Waals surface area contributed by atoms with Crippen molar-refractivity contribution in [1.82, 2.24) is 5.32 Å². The molecule has 0 radical (unpaired) electrons. The van der Waals surface area contributed by atoms with Gasteiger partial charge in [-0.25, -0.2) is 4.39 Å². The Kier molecular flexibility index (Phi) is 3.70. The van der Waals surface area contributed by atoms with E-state index >= 15 is 0 Å². The van der Waals surface area contributed by atoms with Gasteiger partial charge in [0.15, 0.2) is 0 Å². The Morgan fingerprint density at radius 3 is 2.70 bits per heavy atom. The zero-order chi connectivity index (χ0) is 13.9. The lowest BCUT2D eigenvalue weighted by atomic mass is 10.0. The largest absolute Gasteiger partial charge is 0.362 e. The fourth-order valence-electron chi connectivity index (χ4n) is 2.91. The van der Waals surface area contributed by atoms with Crippen LogP contribution in [0.25, 0.3) is 0 Å². The maximum Gasteiger partial charge on any atom is 0.123 e. The van der Waals surface area contributed by atoms with Gasteiger partial charge in [-0.1, -0.05) is 30.3 Å². The summed E-state index contributed by atoms with van der Waals surface area (Å²) in [5.74, 6) is -0.169. The summed E-state index contributed by atoms with van der Waals surface area (Å²) in [4.78, 5) is 2.38. The standard InChI is InChI=1S/C17H19FN2/c1-13-11-15(18)7-8-16(13)20-10-9-19-12-17(20)14-5-3-2-4-6-14/h2-8,11,17,19H,9-10,12H2,1H3. The van der Waals surface area contributed by atoms with Gasteiger partial charge in [0.05, 0.1) is 6.04 Å². The molecular weight excluding hydrogens is 251 g/mol. The molecule has 0 aliphatic carbocycles. The number of nitrogens with one attached hydrogen (secondary N) is 1. The van der Waals surface area contributed by atoms with Crippen molar-refractivity contribution in [3.63, 3.8) is 0 Å². The third-order valence-electron chi connectivity index (χ3n) is 3.90. The molecule has 0 aromatic heterocycles. The highest BCUT2D eigenvalue weighted by Crippen LogP contribution is 2.30. The van der Waals surface area contributed by atoms with Crippen molar-refractivity contribution >= 4 is 5.69 Å². The molecule has 2 aromatic carbocycles. The molecule has 20 heavy (non-hydrogen) atoms. The highest BCUT2D eigenvalue weighted by molar-refractivity contribution is 5.55. The van der Waals surface area contributed by atoms with Gasteiger partial charge in [0, 0.05) is 25.3 Å². The SMILES string of the molecule is Cc1cc(F)ccc1N1CCNCC1c1ccccc1. The van der Waals surface area contributed by atoms with E-state index in [2.05, 4.69) is 34.5 Å². The fourth-order valence-corrected chi connectivity index (χ4v) is 2.91. The summed E-state index contributed by atoms with van der Waals surface area (Å²) in [6.45, 7) is 4.79. The lowest BCUT2D eigenvalue weighted by molar-refractivity contribution is 0.489. The second-order valence-corrected chi connectivity index (χ2v) is 5.25. The van der Waals surface area contributed by atoms with Crippen LogP contribution in [0.1, 0.15) is 17.2 Å². The van der Waals surface area contributed by atoms with E-state index in [-0.39, 0.29) is 5.82 Å². The molecule has 0 saturated carbocycles. The van der Waals surface area contributed by atoms with Crippen LogP contribution >= 0.6 is 0 Å². The monoisotopic (exact) mass is 270 g/mol. The van der Waals surface area contributed by atoms with Crippen molar-refractivity contribution in [1.29, 1.82) is 0 Å². The van der Waals surface area contributed by atoms with Crippen molar-refractivity contribution in [2.24, 2.45) is 0 Å². The van der Waals surface area contributed by atoms with Gasteiger partial charge in [0.25, 0.3) is 0 Å². The number of nitrogens with zero attached hydrogens (tertiary/aromatic N) is 1. The number of hydrogen-bond acceptors (Lipinski definition) is 2. The van der Waals surface area contributed by atoms with Crippen molar-refractivity contribution in [3.05, 3.63) is 65.5 Å². The first-order valence-corrected chi connectivity index (χ1v) is 7.04. The minimum atomic E-state index is -0.169. The Hall–Kier alpha value is -1.87. The molecule has 1 N–H and O–H groups in total. The number of rotatable bonds is 2. The van der Waals surface area contributed by atoms with E-state index in [1.807, 2.05) is 19.1 Å². The first-order valence-electron chi connectivity index (χ1n) is 7.04. The van der Waals surface area contributed by atoms with E-state index in [1.165, 1.54) is 5.56 Å². The molecule has 1 saturated heterocycles. The summed E-state index contributed by atoms with van der Waals surface area (Å²) in [6.07, 6.45) is 0. The van der Waals surface area contributed by atoms with Crippen LogP contribution in [0.4, 0.5) is 10.1 Å². The van der Waals surface area contributed by atoms with E-state index in [1.54, 1.807) is 12.1 Å². The van der Waals surface area contributed by atoms with Gasteiger partial charge in [-0.05, 0) is 36.2 Å². The molecule has 1 aliphatic heterocycles. The van der Waals surface area contributed by atoms with Crippen LogP contribution in [0.3, 0.4) is 0 Å². The fraction of sp³-hybridized carbons (Fsp3) is 0.294. The molecule has 3 heteroatoms. The Bertz CT molecular complexity index is 583. The number of halogens is 1. The van der Waals surface area contributed by atoms with Crippen LogP contribution in [0.5, 0.6) is 0 Å². The molecule has 1 aliphatic rings. The first-order chi connectivity index (χ1) is 9.75. The minimum Gasteiger partial charge on any atom is -0.362 e. The molecular formula is C17H19FN2. The quantitative estimate of drug-likeness (QED) is 0.901. The van der Waals surface area contributed by atoms with Crippen molar-refractivity contribution < 1.29 is 4.39 Å². The highest BCUT2D eigenvalue weighted by atomic mass is 19.1. The van der Waals surface area contributed by atoms with E-state index in [0.29, 0.717) is 6.04 Å². The third-order valence-corrected chi connectivity index (χ3v) is 3.90. The van der Waals surface area contributed by atoms with Crippen molar-refractivity contribution in [3.8, 4) is 0 Å². The molecule has 1 unspecified atom stereocenters. The molecule has 0 amide bonds. The zero-order valence-electron chi connectivity index (χ0n) is 11.6. The Labute approximate surface area is 119 Å². The summed E-state index contributed by atoms with van der Waals surface area (Å²) < 4.78 is 13.3. The number of anilines is 1. The van der Waals surface area contributed by atoms with Crippen LogP contribution in [0, 0.1) is 12.7 Å². The van der Waals surface area contributed by atoms with Gasteiger partial charge in [0.2, 0.25) is 0 Å². The van der Waals surface area contributed by atoms with Gasteiger partial charge in [-0.3, -0.25) is 0 Å². The molecule has 1 atom stereocenters. The van der Waals surface area contributed by atoms with Crippen LogP contribution in [-0.4, -0.2) is 19.6 Å². The van der Waals surface area contributed by atoms with E-state index in [9.17, 15) is 4.39 Å². The normalized spacial score (nSPS) is 19.1. The smallest absolute Gasteiger partial charge is 0.123 e.